The van der Waals surface area contributed by atoms with Crippen molar-refractivity contribution in [1.29, 1.82) is 0 Å². The minimum atomic E-state index is -3.21. The van der Waals surface area contributed by atoms with Gasteiger partial charge in [0.25, 0.3) is 0 Å². The van der Waals surface area contributed by atoms with Crippen LogP contribution in [-0.2, 0) is 14.9 Å². The van der Waals surface area contributed by atoms with Crippen LogP contribution in [0, 0.1) is 5.92 Å². The molecule has 0 aromatic rings. The Bertz CT molecular complexity index is 234. The monoisotopic (exact) mass is 208 g/mol. The van der Waals surface area contributed by atoms with Crippen LogP contribution < -0.4 is 10.2 Å². The first-order valence-electron chi connectivity index (χ1n) is 4.37. The van der Waals surface area contributed by atoms with Gasteiger partial charge in [-0.3, -0.25) is 4.84 Å². The molecule has 1 aliphatic heterocycles. The summed E-state index contributed by atoms with van der Waals surface area (Å²) in [5.74, 6) is 0.468. The summed E-state index contributed by atoms with van der Waals surface area (Å²) < 4.78 is 21.2. The Morgan fingerprint density at radius 2 is 2.08 bits per heavy atom. The molecule has 0 spiro atoms. The second kappa shape index (κ2) is 4.90. The molecule has 0 aliphatic carbocycles. The Labute approximate surface area is 78.9 Å². The summed E-state index contributed by atoms with van der Waals surface area (Å²) in [6.45, 7) is 2.45. The average Bonchev–Trinajstić information content (AvgIpc) is 2.04. The van der Waals surface area contributed by atoms with Crippen LogP contribution in [0.25, 0.3) is 0 Å². The summed E-state index contributed by atoms with van der Waals surface area (Å²) in [4.78, 5) is 6.89. The normalized spacial score (nSPS) is 20.4. The lowest BCUT2D eigenvalue weighted by atomic mass is 10.00. The Balaban J connectivity index is 2.11. The molecule has 78 valence electrons. The maximum atomic E-state index is 10.6. The van der Waals surface area contributed by atoms with Gasteiger partial charge >= 0.3 is 0 Å². The van der Waals surface area contributed by atoms with Crippen molar-refractivity contribution in [3.05, 3.63) is 0 Å². The first kappa shape index (κ1) is 10.9. The maximum Gasteiger partial charge on any atom is 0.230 e. The van der Waals surface area contributed by atoms with Crippen LogP contribution >= 0.6 is 0 Å². The van der Waals surface area contributed by atoms with Crippen LogP contribution in [0.5, 0.6) is 0 Å². The standard InChI is InChI=1S/C7H16N2O3S/c1-13(10,11)9-12-6-7-2-4-8-5-3-7/h7-9H,2-6H2,1H3. The van der Waals surface area contributed by atoms with Gasteiger partial charge in [0.2, 0.25) is 10.0 Å². The molecule has 0 bridgehead atoms. The van der Waals surface area contributed by atoms with Gasteiger partial charge in [-0.15, -0.1) is 0 Å². The lowest BCUT2D eigenvalue weighted by Gasteiger charge is -2.21. The summed E-state index contributed by atoms with van der Waals surface area (Å²) in [7, 11) is -3.21. The van der Waals surface area contributed by atoms with Crippen LogP contribution in [0.2, 0.25) is 0 Å². The van der Waals surface area contributed by atoms with Crippen LogP contribution in [0.15, 0.2) is 0 Å². The molecule has 1 rings (SSSR count). The van der Waals surface area contributed by atoms with E-state index in [4.69, 9.17) is 4.84 Å². The van der Waals surface area contributed by atoms with E-state index in [-0.39, 0.29) is 0 Å². The van der Waals surface area contributed by atoms with Crippen molar-refractivity contribution in [2.75, 3.05) is 26.0 Å². The quantitative estimate of drug-likeness (QED) is 0.609. The summed E-state index contributed by atoms with van der Waals surface area (Å²) >= 11 is 0. The first-order chi connectivity index (χ1) is 6.08. The molecule has 0 unspecified atom stereocenters. The predicted molar refractivity (Wildman–Crippen MR) is 49.5 cm³/mol. The largest absolute Gasteiger partial charge is 0.317 e. The molecular formula is C7H16N2O3S. The smallest absolute Gasteiger partial charge is 0.230 e. The molecule has 1 fully saturated rings. The third-order valence-electron chi connectivity index (χ3n) is 1.99. The van der Waals surface area contributed by atoms with E-state index in [1.165, 1.54) is 0 Å². The molecule has 2 N–H and O–H groups in total. The van der Waals surface area contributed by atoms with E-state index >= 15 is 0 Å². The molecule has 0 aromatic carbocycles. The van der Waals surface area contributed by atoms with Crippen molar-refractivity contribution < 1.29 is 13.3 Å². The fraction of sp³-hybridized carbons (Fsp3) is 1.00. The summed E-state index contributed by atoms with van der Waals surface area (Å²) in [6, 6.07) is 0. The van der Waals surface area contributed by atoms with Gasteiger partial charge in [-0.2, -0.15) is 0 Å². The highest BCUT2D eigenvalue weighted by Crippen LogP contribution is 2.10. The number of piperidine rings is 1. The number of hydrogen-bond acceptors (Lipinski definition) is 4. The minimum Gasteiger partial charge on any atom is -0.317 e. The lowest BCUT2D eigenvalue weighted by molar-refractivity contribution is 0.0544. The van der Waals surface area contributed by atoms with Crippen LogP contribution in [0.4, 0.5) is 0 Å². The fourth-order valence-corrected chi connectivity index (χ4v) is 1.59. The highest BCUT2D eigenvalue weighted by Gasteiger charge is 2.13. The average molecular weight is 208 g/mol. The summed E-state index contributed by atoms with van der Waals surface area (Å²) in [5, 5.41) is 3.23. The second-order valence-electron chi connectivity index (χ2n) is 3.36. The Kier molecular flexibility index (Phi) is 4.11. The Hall–Kier alpha value is -0.170. The number of nitrogens with one attached hydrogen (secondary N) is 2. The predicted octanol–water partition coefficient (Wildman–Crippen LogP) is -0.533. The highest BCUT2D eigenvalue weighted by molar-refractivity contribution is 7.88. The molecule has 0 radical (unpaired) electrons. The molecule has 1 aliphatic rings. The third kappa shape index (κ3) is 5.20. The van der Waals surface area contributed by atoms with Gasteiger partial charge in [0.1, 0.15) is 0 Å². The van der Waals surface area contributed by atoms with Gasteiger partial charge in [-0.25, -0.2) is 8.42 Å². The maximum absolute atomic E-state index is 10.6. The van der Waals surface area contributed by atoms with Gasteiger partial charge in [0.05, 0.1) is 12.9 Å². The first-order valence-corrected chi connectivity index (χ1v) is 6.26. The van der Waals surface area contributed by atoms with Crippen molar-refractivity contribution in [3.63, 3.8) is 0 Å². The van der Waals surface area contributed by atoms with E-state index in [0.717, 1.165) is 32.2 Å². The molecule has 0 amide bonds. The number of sulfonamides is 1. The van der Waals surface area contributed by atoms with E-state index in [1.54, 1.807) is 0 Å². The molecular weight excluding hydrogens is 192 g/mol. The van der Waals surface area contributed by atoms with E-state index < -0.39 is 10.0 Å². The number of rotatable bonds is 4. The minimum absolute atomic E-state index is 0.467. The van der Waals surface area contributed by atoms with E-state index in [2.05, 4.69) is 5.32 Å². The van der Waals surface area contributed by atoms with E-state index in [0.29, 0.717) is 12.5 Å². The molecule has 0 atom stereocenters. The van der Waals surface area contributed by atoms with Crippen molar-refractivity contribution in [1.82, 2.24) is 10.2 Å². The van der Waals surface area contributed by atoms with Crippen molar-refractivity contribution in [2.45, 2.75) is 12.8 Å². The van der Waals surface area contributed by atoms with Gasteiger partial charge in [-0.05, 0) is 31.8 Å². The Morgan fingerprint density at radius 3 is 2.62 bits per heavy atom. The van der Waals surface area contributed by atoms with Gasteiger partial charge in [0, 0.05) is 0 Å². The molecule has 13 heavy (non-hydrogen) atoms. The van der Waals surface area contributed by atoms with Gasteiger partial charge < -0.3 is 5.32 Å². The zero-order valence-corrected chi connectivity index (χ0v) is 8.56. The molecule has 1 saturated heterocycles. The molecule has 1 heterocycles. The fourth-order valence-electron chi connectivity index (χ4n) is 1.31. The molecule has 6 heteroatoms. The SMILES string of the molecule is CS(=O)(=O)NOCC1CCNCC1. The van der Waals surface area contributed by atoms with Crippen LogP contribution in [0.1, 0.15) is 12.8 Å². The lowest BCUT2D eigenvalue weighted by Crippen LogP contribution is -2.32. The van der Waals surface area contributed by atoms with E-state index in [9.17, 15) is 8.42 Å². The van der Waals surface area contributed by atoms with Crippen LogP contribution in [-0.4, -0.2) is 34.4 Å². The van der Waals surface area contributed by atoms with Crippen molar-refractivity contribution in [3.8, 4) is 0 Å². The highest BCUT2D eigenvalue weighted by atomic mass is 32.2. The Morgan fingerprint density at radius 1 is 1.46 bits per heavy atom. The van der Waals surface area contributed by atoms with Crippen molar-refractivity contribution >= 4 is 10.0 Å². The summed E-state index contributed by atoms with van der Waals surface area (Å²) in [5.41, 5.74) is 0. The molecule has 0 aromatic heterocycles. The number of hydrogen-bond donors (Lipinski definition) is 2. The third-order valence-corrected chi connectivity index (χ3v) is 2.41. The zero-order chi connectivity index (χ0) is 9.73. The van der Waals surface area contributed by atoms with Gasteiger partial charge in [-0.1, -0.05) is 4.89 Å². The molecule has 0 saturated carbocycles. The van der Waals surface area contributed by atoms with Gasteiger partial charge in [0.15, 0.2) is 0 Å². The topological polar surface area (TPSA) is 67.4 Å². The van der Waals surface area contributed by atoms with Crippen LogP contribution in [0.3, 0.4) is 0 Å². The zero-order valence-electron chi connectivity index (χ0n) is 7.75. The van der Waals surface area contributed by atoms with Crippen molar-refractivity contribution in [2.24, 2.45) is 5.92 Å². The van der Waals surface area contributed by atoms with E-state index in [1.807, 2.05) is 4.89 Å². The second-order valence-corrected chi connectivity index (χ2v) is 5.07. The molecule has 5 nitrogen and oxygen atoms in total. The summed E-state index contributed by atoms with van der Waals surface area (Å²) in [6.07, 6.45) is 3.17.